The van der Waals surface area contributed by atoms with E-state index in [4.69, 9.17) is 0 Å². The molecule has 5 heteroatoms. The fraction of sp³-hybridized carbons (Fsp3) is 0.333. The Morgan fingerprint density at radius 2 is 1.77 bits per heavy atom. The highest BCUT2D eigenvalue weighted by atomic mass is 19.4. The van der Waals surface area contributed by atoms with Crippen molar-refractivity contribution in [3.05, 3.63) is 58.3 Å². The van der Waals surface area contributed by atoms with Crippen molar-refractivity contribution in [1.82, 2.24) is 4.98 Å². The predicted octanol–water partition coefficient (Wildman–Crippen LogP) is 6.28. The van der Waals surface area contributed by atoms with E-state index in [0.717, 1.165) is 29.2 Å². The molecule has 0 amide bonds. The summed E-state index contributed by atoms with van der Waals surface area (Å²) in [6.07, 6.45) is -1.92. The molecule has 1 aromatic carbocycles. The van der Waals surface area contributed by atoms with Gasteiger partial charge in [-0.2, -0.15) is 13.2 Å². The molecule has 0 aliphatic rings. The Morgan fingerprint density at radius 1 is 1.12 bits per heavy atom. The number of rotatable bonds is 4. The summed E-state index contributed by atoms with van der Waals surface area (Å²) in [7, 11) is 0. The summed E-state index contributed by atoms with van der Waals surface area (Å²) >= 11 is 0. The Balaban J connectivity index is 2.69. The Kier molecular flexibility index (Phi) is 5.69. The maximum atomic E-state index is 13.0. The molecular weight excluding hydrogens is 339 g/mol. The summed E-state index contributed by atoms with van der Waals surface area (Å²) < 4.78 is 38.9. The average molecular weight is 361 g/mol. The third kappa shape index (κ3) is 4.03. The number of ketones is 1. The predicted molar refractivity (Wildman–Crippen MR) is 98.8 cm³/mol. The highest BCUT2D eigenvalue weighted by Crippen LogP contribution is 2.33. The number of aryl methyl sites for hydroxylation is 1. The van der Waals surface area contributed by atoms with Gasteiger partial charge < -0.3 is 0 Å². The van der Waals surface area contributed by atoms with Gasteiger partial charge in [0, 0.05) is 11.0 Å². The molecule has 0 unspecified atom stereocenters. The molecule has 1 aromatic heterocycles. The summed E-state index contributed by atoms with van der Waals surface area (Å²) in [5.74, 6) is -0.0300. The monoisotopic (exact) mass is 361 g/mol. The van der Waals surface area contributed by atoms with Crippen LogP contribution in [0.4, 0.5) is 13.2 Å². The number of pyridine rings is 1. The molecule has 26 heavy (non-hydrogen) atoms. The first-order valence-corrected chi connectivity index (χ1v) is 8.43. The molecule has 2 aromatic rings. The molecule has 1 heterocycles. The van der Waals surface area contributed by atoms with Crippen molar-refractivity contribution >= 4 is 22.3 Å². The lowest BCUT2D eigenvalue weighted by Crippen LogP contribution is -2.08. The smallest absolute Gasteiger partial charge is 0.295 e. The van der Waals surface area contributed by atoms with Gasteiger partial charge in [0.25, 0.3) is 0 Å². The number of fused-ring (bicyclic) bond motifs is 1. The molecule has 0 fully saturated rings. The topological polar surface area (TPSA) is 30.0 Å². The molecule has 0 bridgehead atoms. The Morgan fingerprint density at radius 3 is 2.31 bits per heavy atom. The molecule has 0 saturated heterocycles. The van der Waals surface area contributed by atoms with E-state index in [9.17, 15) is 18.0 Å². The number of hydrogen-bond acceptors (Lipinski definition) is 2. The highest BCUT2D eigenvalue weighted by molar-refractivity contribution is 6.00. The van der Waals surface area contributed by atoms with Crippen LogP contribution in [0.1, 0.15) is 50.9 Å². The van der Waals surface area contributed by atoms with Crippen molar-refractivity contribution in [2.24, 2.45) is 0 Å². The minimum atomic E-state index is -4.48. The van der Waals surface area contributed by atoms with Gasteiger partial charge in [-0.3, -0.25) is 4.79 Å². The van der Waals surface area contributed by atoms with Crippen molar-refractivity contribution in [3.63, 3.8) is 0 Å². The number of Topliss-reactive ketones (excluding diaryl/α,β-unsaturated/α-hetero) is 1. The van der Waals surface area contributed by atoms with Gasteiger partial charge in [-0.05, 0) is 63.0 Å². The fourth-order valence-corrected chi connectivity index (χ4v) is 2.87. The maximum Gasteiger partial charge on any atom is 0.433 e. The average Bonchev–Trinajstić information content (AvgIpc) is 2.57. The fourth-order valence-electron chi connectivity index (χ4n) is 2.87. The summed E-state index contributed by atoms with van der Waals surface area (Å²) in [5.41, 5.74) is 3.30. The third-order valence-corrected chi connectivity index (χ3v) is 4.50. The van der Waals surface area contributed by atoms with Gasteiger partial charge in [-0.1, -0.05) is 30.7 Å². The molecule has 0 atom stereocenters. The van der Waals surface area contributed by atoms with Crippen LogP contribution >= 0.6 is 0 Å². The minimum absolute atomic E-state index is 0.0300. The van der Waals surface area contributed by atoms with Crippen LogP contribution in [-0.4, -0.2) is 10.8 Å². The Bertz CT molecular complexity index is 921. The first-order chi connectivity index (χ1) is 12.1. The minimum Gasteiger partial charge on any atom is -0.295 e. The van der Waals surface area contributed by atoms with E-state index in [1.807, 2.05) is 32.9 Å². The van der Waals surface area contributed by atoms with E-state index in [1.165, 1.54) is 13.0 Å². The van der Waals surface area contributed by atoms with Gasteiger partial charge in [0.05, 0.1) is 5.52 Å². The number of hydrogen-bond donors (Lipinski definition) is 0. The van der Waals surface area contributed by atoms with Gasteiger partial charge in [-0.15, -0.1) is 0 Å². The van der Waals surface area contributed by atoms with Crippen LogP contribution in [0.2, 0.25) is 0 Å². The van der Waals surface area contributed by atoms with Gasteiger partial charge >= 0.3 is 6.18 Å². The van der Waals surface area contributed by atoms with Gasteiger partial charge in [0.2, 0.25) is 0 Å². The summed E-state index contributed by atoms with van der Waals surface area (Å²) in [5, 5.41) is 0.642. The lowest BCUT2D eigenvalue weighted by Gasteiger charge is -2.13. The molecule has 0 saturated carbocycles. The normalized spacial score (nSPS) is 13.8. The van der Waals surface area contributed by atoms with Gasteiger partial charge in [0.15, 0.2) is 5.78 Å². The molecule has 138 valence electrons. The second-order valence-corrected chi connectivity index (χ2v) is 6.45. The van der Waals surface area contributed by atoms with Crippen LogP contribution in [0.15, 0.2) is 41.5 Å². The second kappa shape index (κ2) is 7.44. The quantitative estimate of drug-likeness (QED) is 0.474. The summed E-state index contributed by atoms with van der Waals surface area (Å²) in [6, 6.07) is 6.07. The van der Waals surface area contributed by atoms with E-state index in [0.29, 0.717) is 22.0 Å². The zero-order valence-electron chi connectivity index (χ0n) is 15.6. The lowest BCUT2D eigenvalue weighted by molar-refractivity contribution is -0.141. The van der Waals surface area contributed by atoms with Crippen LogP contribution in [0.25, 0.3) is 16.5 Å². The van der Waals surface area contributed by atoms with E-state index in [2.05, 4.69) is 4.98 Å². The largest absolute Gasteiger partial charge is 0.433 e. The van der Waals surface area contributed by atoms with Crippen LogP contribution in [0.3, 0.4) is 0 Å². The molecule has 0 radical (unpaired) electrons. The second-order valence-electron chi connectivity index (χ2n) is 6.45. The highest BCUT2D eigenvalue weighted by Gasteiger charge is 2.32. The van der Waals surface area contributed by atoms with Gasteiger partial charge in [-0.25, -0.2) is 4.98 Å². The number of aromatic nitrogens is 1. The molecule has 0 spiro atoms. The number of carbonyl (C=O) groups excluding carboxylic acids is 1. The van der Waals surface area contributed by atoms with E-state index in [-0.39, 0.29) is 5.78 Å². The standard InChI is InChI=1S/C21H22F3NO/c1-6-12(2)18(15(5)26)11-14(4)16-8-7-13(3)20-17(16)9-10-19(25-20)21(22,23)24/h7-11H,6H2,1-5H3/b14-11+,18-12-. The van der Waals surface area contributed by atoms with Gasteiger partial charge in [0.1, 0.15) is 5.69 Å². The van der Waals surface area contributed by atoms with Crippen molar-refractivity contribution in [3.8, 4) is 0 Å². The third-order valence-electron chi connectivity index (χ3n) is 4.50. The van der Waals surface area contributed by atoms with E-state index < -0.39 is 11.9 Å². The Labute approximate surface area is 151 Å². The van der Waals surface area contributed by atoms with Crippen LogP contribution in [0.5, 0.6) is 0 Å². The Hall–Kier alpha value is -2.43. The van der Waals surface area contributed by atoms with Crippen LogP contribution in [0, 0.1) is 6.92 Å². The molecular formula is C21H22F3NO. The molecule has 0 aliphatic heterocycles. The number of allylic oxidation sites excluding steroid dienone is 4. The first-order valence-electron chi connectivity index (χ1n) is 8.43. The van der Waals surface area contributed by atoms with E-state index >= 15 is 0 Å². The van der Waals surface area contributed by atoms with E-state index in [1.54, 1.807) is 13.0 Å². The molecule has 2 rings (SSSR count). The van der Waals surface area contributed by atoms with Crippen molar-refractivity contribution in [2.75, 3.05) is 0 Å². The van der Waals surface area contributed by atoms with Crippen LogP contribution < -0.4 is 0 Å². The summed E-state index contributed by atoms with van der Waals surface area (Å²) in [6.45, 7) is 8.99. The lowest BCUT2D eigenvalue weighted by atomic mass is 9.95. The number of nitrogens with zero attached hydrogens (tertiary/aromatic N) is 1. The molecule has 0 aliphatic carbocycles. The number of alkyl halides is 3. The maximum absolute atomic E-state index is 13.0. The number of carbonyl (C=O) groups is 1. The van der Waals surface area contributed by atoms with Crippen molar-refractivity contribution in [2.45, 2.75) is 47.2 Å². The number of halogens is 3. The first kappa shape index (κ1) is 19.9. The zero-order chi connectivity index (χ0) is 19.6. The summed E-state index contributed by atoms with van der Waals surface area (Å²) in [4.78, 5) is 15.8. The van der Waals surface area contributed by atoms with Crippen molar-refractivity contribution in [1.29, 1.82) is 0 Å². The zero-order valence-corrected chi connectivity index (χ0v) is 15.6. The number of benzene rings is 1. The SMILES string of the molecule is CC/C(C)=C(/C=C(\C)c1ccc(C)c2nc(C(F)(F)F)ccc12)C(C)=O. The molecule has 0 N–H and O–H groups in total. The van der Waals surface area contributed by atoms with Crippen LogP contribution in [-0.2, 0) is 11.0 Å². The molecule has 2 nitrogen and oxygen atoms in total. The van der Waals surface area contributed by atoms with Crippen molar-refractivity contribution < 1.29 is 18.0 Å².